The van der Waals surface area contributed by atoms with Crippen molar-refractivity contribution in [2.24, 2.45) is 0 Å². The summed E-state index contributed by atoms with van der Waals surface area (Å²) in [4.78, 5) is 21.8. The second-order valence-corrected chi connectivity index (χ2v) is 5.36. The SMILES string of the molecule is O=C1NC(=O)C(c2cc(F)c(Br)cc2F)C1Br. The molecule has 0 aromatic heterocycles. The lowest BCUT2D eigenvalue weighted by atomic mass is 9.97. The van der Waals surface area contributed by atoms with Crippen molar-refractivity contribution in [2.75, 3.05) is 0 Å². The zero-order chi connectivity index (χ0) is 12.7. The number of amides is 2. The Balaban J connectivity index is 2.51. The van der Waals surface area contributed by atoms with E-state index in [-0.39, 0.29) is 10.0 Å². The third-order valence-electron chi connectivity index (χ3n) is 2.45. The van der Waals surface area contributed by atoms with E-state index in [1.54, 1.807) is 0 Å². The summed E-state index contributed by atoms with van der Waals surface area (Å²) in [6, 6.07) is 1.84. The number of carbonyl (C=O) groups excluding carboxylic acids is 2. The quantitative estimate of drug-likeness (QED) is 0.469. The Morgan fingerprint density at radius 1 is 1.12 bits per heavy atom. The molecule has 2 unspecified atom stereocenters. The molecule has 0 bridgehead atoms. The van der Waals surface area contributed by atoms with Gasteiger partial charge in [-0.3, -0.25) is 14.9 Å². The average Bonchev–Trinajstić information content (AvgIpc) is 2.48. The monoisotopic (exact) mass is 367 g/mol. The van der Waals surface area contributed by atoms with Crippen molar-refractivity contribution >= 4 is 43.7 Å². The van der Waals surface area contributed by atoms with E-state index < -0.39 is 34.2 Å². The largest absolute Gasteiger partial charge is 0.295 e. The molecular formula is C10H5Br2F2NO2. The van der Waals surface area contributed by atoms with Crippen molar-refractivity contribution in [2.45, 2.75) is 10.7 Å². The molecule has 2 atom stereocenters. The fourth-order valence-corrected chi connectivity index (χ4v) is 2.58. The fourth-order valence-electron chi connectivity index (χ4n) is 1.63. The van der Waals surface area contributed by atoms with E-state index in [4.69, 9.17) is 0 Å². The zero-order valence-electron chi connectivity index (χ0n) is 8.14. The molecule has 1 N–H and O–H groups in total. The summed E-state index contributed by atoms with van der Waals surface area (Å²) in [5.41, 5.74) is -0.143. The van der Waals surface area contributed by atoms with E-state index in [2.05, 4.69) is 37.2 Å². The first kappa shape index (κ1) is 12.6. The number of carbonyl (C=O) groups is 2. The molecular weight excluding hydrogens is 364 g/mol. The van der Waals surface area contributed by atoms with Gasteiger partial charge in [-0.15, -0.1) is 0 Å². The normalized spacial score (nSPS) is 24.0. The lowest BCUT2D eigenvalue weighted by Gasteiger charge is -2.12. The summed E-state index contributed by atoms with van der Waals surface area (Å²) in [7, 11) is 0. The molecule has 1 fully saturated rings. The Labute approximate surface area is 112 Å². The van der Waals surface area contributed by atoms with Gasteiger partial charge in [-0.2, -0.15) is 0 Å². The van der Waals surface area contributed by atoms with Crippen LogP contribution >= 0.6 is 31.9 Å². The minimum Gasteiger partial charge on any atom is -0.295 e. The van der Waals surface area contributed by atoms with Gasteiger partial charge in [0.1, 0.15) is 16.5 Å². The standard InChI is InChI=1S/C10H5Br2F2NO2/c11-4-2-5(13)3(1-6(4)14)7-8(12)10(17)15-9(7)16/h1-2,7-8H,(H,15,16,17). The summed E-state index contributed by atoms with van der Waals surface area (Å²) < 4.78 is 26.9. The third-order valence-corrected chi connectivity index (χ3v) is 4.00. The van der Waals surface area contributed by atoms with Gasteiger partial charge < -0.3 is 0 Å². The van der Waals surface area contributed by atoms with Crippen molar-refractivity contribution < 1.29 is 18.4 Å². The smallest absolute Gasteiger partial charge is 0.241 e. The molecule has 3 nitrogen and oxygen atoms in total. The van der Waals surface area contributed by atoms with E-state index in [1.807, 2.05) is 0 Å². The van der Waals surface area contributed by atoms with Crippen molar-refractivity contribution in [1.82, 2.24) is 5.32 Å². The molecule has 0 radical (unpaired) electrons. The predicted octanol–water partition coefficient (Wildman–Crippen LogP) is 2.23. The minimum atomic E-state index is -1.05. The van der Waals surface area contributed by atoms with Crippen LogP contribution in [0.3, 0.4) is 0 Å². The second kappa shape index (κ2) is 4.45. The molecule has 1 aromatic carbocycles. The van der Waals surface area contributed by atoms with Gasteiger partial charge in [-0.25, -0.2) is 8.78 Å². The summed E-state index contributed by atoms with van der Waals surface area (Å²) in [5.74, 6) is -3.67. The number of alkyl halides is 1. The Morgan fingerprint density at radius 3 is 2.29 bits per heavy atom. The highest BCUT2D eigenvalue weighted by atomic mass is 79.9. The maximum atomic E-state index is 13.6. The van der Waals surface area contributed by atoms with Crippen LogP contribution in [0.1, 0.15) is 11.5 Å². The number of halogens is 4. The highest BCUT2D eigenvalue weighted by Crippen LogP contribution is 2.33. The van der Waals surface area contributed by atoms with Crippen molar-refractivity contribution in [3.63, 3.8) is 0 Å². The van der Waals surface area contributed by atoms with Gasteiger partial charge in [0.05, 0.1) is 10.4 Å². The highest BCUT2D eigenvalue weighted by Gasteiger charge is 2.42. The Kier molecular flexibility index (Phi) is 3.31. The van der Waals surface area contributed by atoms with E-state index in [0.717, 1.165) is 12.1 Å². The molecule has 1 heterocycles. The van der Waals surface area contributed by atoms with E-state index in [1.165, 1.54) is 0 Å². The third kappa shape index (κ3) is 2.13. The molecule has 1 aliphatic heterocycles. The van der Waals surface area contributed by atoms with Crippen LogP contribution in [0.15, 0.2) is 16.6 Å². The molecule has 17 heavy (non-hydrogen) atoms. The van der Waals surface area contributed by atoms with Crippen LogP contribution in [-0.2, 0) is 9.59 Å². The van der Waals surface area contributed by atoms with Crippen molar-refractivity contribution in [1.29, 1.82) is 0 Å². The van der Waals surface area contributed by atoms with Gasteiger partial charge in [0.2, 0.25) is 11.8 Å². The van der Waals surface area contributed by atoms with Gasteiger partial charge in [0, 0.05) is 5.56 Å². The lowest BCUT2D eigenvalue weighted by Crippen LogP contribution is -2.22. The average molecular weight is 369 g/mol. The van der Waals surface area contributed by atoms with Gasteiger partial charge in [0.25, 0.3) is 0 Å². The van der Waals surface area contributed by atoms with Crippen LogP contribution in [0.4, 0.5) is 8.78 Å². The minimum absolute atomic E-state index is 0.0328. The first-order chi connectivity index (χ1) is 7.91. The summed E-state index contributed by atoms with van der Waals surface area (Å²) >= 11 is 5.83. The number of imide groups is 1. The number of benzene rings is 1. The van der Waals surface area contributed by atoms with Crippen LogP contribution in [0.25, 0.3) is 0 Å². The van der Waals surface area contributed by atoms with Gasteiger partial charge in [-0.1, -0.05) is 15.9 Å². The van der Waals surface area contributed by atoms with Gasteiger partial charge in [-0.05, 0) is 28.1 Å². The van der Waals surface area contributed by atoms with Crippen LogP contribution in [-0.4, -0.2) is 16.6 Å². The number of hydrogen-bond donors (Lipinski definition) is 1. The topological polar surface area (TPSA) is 46.2 Å². The maximum absolute atomic E-state index is 13.6. The van der Waals surface area contributed by atoms with Crippen molar-refractivity contribution in [3.8, 4) is 0 Å². The predicted molar refractivity (Wildman–Crippen MR) is 62.7 cm³/mol. The molecule has 2 rings (SSSR count). The zero-order valence-corrected chi connectivity index (χ0v) is 11.3. The number of rotatable bonds is 1. The summed E-state index contributed by atoms with van der Waals surface area (Å²) in [6.45, 7) is 0. The fraction of sp³-hybridized carbons (Fsp3) is 0.200. The molecule has 90 valence electrons. The summed E-state index contributed by atoms with van der Waals surface area (Å²) in [5, 5.41) is 2.05. The lowest BCUT2D eigenvalue weighted by molar-refractivity contribution is -0.125. The Hall–Kier alpha value is -0.820. The van der Waals surface area contributed by atoms with Crippen LogP contribution < -0.4 is 5.32 Å². The molecule has 7 heteroatoms. The molecule has 1 aliphatic rings. The van der Waals surface area contributed by atoms with E-state index in [9.17, 15) is 18.4 Å². The first-order valence-electron chi connectivity index (χ1n) is 4.55. The van der Waals surface area contributed by atoms with Crippen LogP contribution in [0.2, 0.25) is 0 Å². The number of hydrogen-bond acceptors (Lipinski definition) is 2. The maximum Gasteiger partial charge on any atom is 0.241 e. The first-order valence-corrected chi connectivity index (χ1v) is 6.26. The van der Waals surface area contributed by atoms with Crippen LogP contribution in [0.5, 0.6) is 0 Å². The summed E-state index contributed by atoms with van der Waals surface area (Å²) in [6.07, 6.45) is 0. The molecule has 0 aliphatic carbocycles. The van der Waals surface area contributed by atoms with Gasteiger partial charge >= 0.3 is 0 Å². The molecule has 1 aromatic rings. The molecule has 2 amide bonds. The molecule has 0 spiro atoms. The second-order valence-electron chi connectivity index (χ2n) is 3.52. The van der Waals surface area contributed by atoms with E-state index in [0.29, 0.717) is 0 Å². The molecule has 1 saturated heterocycles. The van der Waals surface area contributed by atoms with Gasteiger partial charge in [0.15, 0.2) is 0 Å². The van der Waals surface area contributed by atoms with Crippen molar-refractivity contribution in [3.05, 3.63) is 33.8 Å². The Bertz CT molecular complexity index is 521. The highest BCUT2D eigenvalue weighted by molar-refractivity contribution is 9.10. The van der Waals surface area contributed by atoms with Crippen LogP contribution in [0, 0.1) is 11.6 Å². The Morgan fingerprint density at radius 2 is 1.76 bits per heavy atom. The van der Waals surface area contributed by atoms with E-state index >= 15 is 0 Å². The number of nitrogens with one attached hydrogen (secondary N) is 1. The molecule has 0 saturated carbocycles.